The number of carbonyl (C=O) groups is 1. The van der Waals surface area contributed by atoms with E-state index in [-0.39, 0.29) is 5.91 Å². The van der Waals surface area contributed by atoms with Gasteiger partial charge in [-0.1, -0.05) is 42.1 Å². The second-order valence-corrected chi connectivity index (χ2v) is 7.83. The topological polar surface area (TPSA) is 35.6 Å². The van der Waals surface area contributed by atoms with Crippen LogP contribution in [0.3, 0.4) is 0 Å². The average molecular weight is 406 g/mol. The average Bonchev–Trinajstić information content (AvgIpc) is 2.70. The van der Waals surface area contributed by atoms with Crippen molar-refractivity contribution >= 4 is 17.7 Å². The minimum Gasteiger partial charge on any atom is -0.351 e. The monoisotopic (exact) mass is 405 g/mol. The quantitative estimate of drug-likeness (QED) is 0.682. The van der Waals surface area contributed by atoms with Crippen LogP contribution in [0.2, 0.25) is 0 Å². The Balaban J connectivity index is 1.34. The van der Waals surface area contributed by atoms with Gasteiger partial charge in [0, 0.05) is 56.3 Å². The summed E-state index contributed by atoms with van der Waals surface area (Å²) in [5.41, 5.74) is 1.83. The number of thioether (sulfide) groups is 1. The summed E-state index contributed by atoms with van der Waals surface area (Å²) in [6.45, 7) is 6.38. The third-order valence-corrected chi connectivity index (χ3v) is 5.49. The molecule has 1 aliphatic heterocycles. The Labute approximate surface area is 168 Å². The van der Waals surface area contributed by atoms with E-state index in [9.17, 15) is 13.6 Å². The highest BCUT2D eigenvalue weighted by Crippen LogP contribution is 2.25. The van der Waals surface area contributed by atoms with Crippen molar-refractivity contribution in [1.29, 1.82) is 0 Å². The number of benzene rings is 2. The van der Waals surface area contributed by atoms with Crippen LogP contribution in [0.15, 0.2) is 59.5 Å². The lowest BCUT2D eigenvalue weighted by Crippen LogP contribution is -2.48. The molecular weight excluding hydrogens is 380 g/mol. The van der Waals surface area contributed by atoms with Crippen molar-refractivity contribution in [3.63, 3.8) is 0 Å². The normalized spacial score (nSPS) is 15.7. The van der Waals surface area contributed by atoms with E-state index >= 15 is 0 Å². The summed E-state index contributed by atoms with van der Waals surface area (Å²) >= 11 is 0.480. The number of amides is 1. The second-order valence-electron chi connectivity index (χ2n) is 6.76. The van der Waals surface area contributed by atoms with Gasteiger partial charge in [0.2, 0.25) is 0 Å². The van der Waals surface area contributed by atoms with E-state index in [0.717, 1.165) is 39.3 Å². The van der Waals surface area contributed by atoms with Crippen LogP contribution < -0.4 is 5.32 Å². The molecular formula is C21H25F2N3OS. The first kappa shape index (κ1) is 20.8. The molecule has 4 nitrogen and oxygen atoms in total. The van der Waals surface area contributed by atoms with Crippen molar-refractivity contribution in [2.75, 3.05) is 39.3 Å². The fourth-order valence-corrected chi connectivity index (χ4v) is 3.73. The van der Waals surface area contributed by atoms with Gasteiger partial charge in [0.1, 0.15) is 0 Å². The van der Waals surface area contributed by atoms with Crippen LogP contribution in [0.1, 0.15) is 15.9 Å². The number of hydrogen-bond donors (Lipinski definition) is 1. The Morgan fingerprint density at radius 1 is 0.964 bits per heavy atom. The number of hydrogen-bond acceptors (Lipinski definition) is 4. The van der Waals surface area contributed by atoms with Crippen LogP contribution in [0.25, 0.3) is 0 Å². The maximum Gasteiger partial charge on any atom is 0.288 e. The molecule has 1 amide bonds. The third kappa shape index (κ3) is 6.58. The molecule has 1 saturated heterocycles. The summed E-state index contributed by atoms with van der Waals surface area (Å²) < 4.78 is 24.7. The number of nitrogens with one attached hydrogen (secondary N) is 1. The molecule has 0 atom stereocenters. The molecule has 1 fully saturated rings. The molecule has 0 saturated carbocycles. The van der Waals surface area contributed by atoms with Crippen LogP contribution >= 0.6 is 11.8 Å². The number of piperazine rings is 1. The molecule has 2 aromatic rings. The zero-order chi connectivity index (χ0) is 19.8. The molecule has 0 aliphatic carbocycles. The van der Waals surface area contributed by atoms with Gasteiger partial charge in [-0.15, -0.1) is 0 Å². The first-order chi connectivity index (χ1) is 13.6. The zero-order valence-electron chi connectivity index (χ0n) is 15.7. The summed E-state index contributed by atoms with van der Waals surface area (Å²) in [5.74, 6) is -2.62. The highest BCUT2D eigenvalue weighted by atomic mass is 32.2. The molecule has 0 aromatic heterocycles. The first-order valence-corrected chi connectivity index (χ1v) is 10.3. The Bertz CT molecular complexity index is 735. The van der Waals surface area contributed by atoms with Gasteiger partial charge in [-0.25, -0.2) is 0 Å². The largest absolute Gasteiger partial charge is 0.351 e. The number of nitrogens with zero attached hydrogens (tertiary/aromatic N) is 2. The Kier molecular flexibility index (Phi) is 7.82. The maximum atomic E-state index is 12.3. The molecule has 0 spiro atoms. The van der Waals surface area contributed by atoms with E-state index in [1.165, 1.54) is 5.56 Å². The molecule has 2 aromatic carbocycles. The molecule has 1 aliphatic rings. The minimum absolute atomic E-state index is 0.170. The number of alkyl halides is 2. The van der Waals surface area contributed by atoms with E-state index in [2.05, 4.69) is 39.4 Å². The molecule has 7 heteroatoms. The molecule has 3 rings (SSSR count). The molecule has 28 heavy (non-hydrogen) atoms. The lowest BCUT2D eigenvalue weighted by Gasteiger charge is -2.34. The van der Waals surface area contributed by atoms with E-state index in [1.54, 1.807) is 24.3 Å². The number of halogens is 2. The standard InChI is InChI=1S/C21H25F2N3OS/c22-21(23)28-19-8-6-18(7-9-19)20(27)24-10-11-25-12-14-26(15-13-25)16-17-4-2-1-3-5-17/h1-9,21H,10-16H2,(H,24,27). The third-order valence-electron chi connectivity index (χ3n) is 4.77. The van der Waals surface area contributed by atoms with Gasteiger partial charge < -0.3 is 5.32 Å². The van der Waals surface area contributed by atoms with Gasteiger partial charge in [0.15, 0.2) is 0 Å². The van der Waals surface area contributed by atoms with Crippen molar-refractivity contribution in [2.24, 2.45) is 0 Å². The van der Waals surface area contributed by atoms with E-state index in [1.807, 2.05) is 6.07 Å². The smallest absolute Gasteiger partial charge is 0.288 e. The second kappa shape index (κ2) is 10.5. The summed E-state index contributed by atoms with van der Waals surface area (Å²) in [4.78, 5) is 17.4. The van der Waals surface area contributed by atoms with Crippen molar-refractivity contribution in [2.45, 2.75) is 17.2 Å². The lowest BCUT2D eigenvalue weighted by molar-refractivity contribution is 0.0934. The minimum atomic E-state index is -2.45. The molecule has 150 valence electrons. The van der Waals surface area contributed by atoms with Crippen LogP contribution in [-0.4, -0.2) is 60.7 Å². The van der Waals surface area contributed by atoms with Gasteiger partial charge >= 0.3 is 0 Å². The zero-order valence-corrected chi connectivity index (χ0v) is 16.5. The molecule has 0 radical (unpaired) electrons. The Hall–Kier alpha value is -1.96. The SMILES string of the molecule is O=C(NCCN1CCN(Cc2ccccc2)CC1)c1ccc(SC(F)F)cc1. The predicted octanol–water partition coefficient (Wildman–Crippen LogP) is 3.55. The van der Waals surface area contributed by atoms with Crippen molar-refractivity contribution in [3.05, 3.63) is 65.7 Å². The van der Waals surface area contributed by atoms with Gasteiger partial charge in [-0.05, 0) is 29.8 Å². The van der Waals surface area contributed by atoms with Crippen LogP contribution in [-0.2, 0) is 6.54 Å². The van der Waals surface area contributed by atoms with E-state index in [0.29, 0.717) is 28.8 Å². The van der Waals surface area contributed by atoms with Gasteiger partial charge in [0.25, 0.3) is 11.7 Å². The lowest BCUT2D eigenvalue weighted by atomic mass is 10.2. The summed E-state index contributed by atoms with van der Waals surface area (Å²) in [7, 11) is 0. The summed E-state index contributed by atoms with van der Waals surface area (Å²) in [6.07, 6.45) is 0. The number of rotatable bonds is 8. The number of carbonyl (C=O) groups excluding carboxylic acids is 1. The van der Waals surface area contributed by atoms with Gasteiger partial charge in [0.05, 0.1) is 0 Å². The molecule has 0 bridgehead atoms. The molecule has 0 unspecified atom stereocenters. The fourth-order valence-electron chi connectivity index (χ4n) is 3.23. The molecule has 1 heterocycles. The highest BCUT2D eigenvalue weighted by molar-refractivity contribution is 7.99. The summed E-state index contributed by atoms with van der Waals surface area (Å²) in [6, 6.07) is 16.8. The van der Waals surface area contributed by atoms with E-state index < -0.39 is 5.76 Å². The van der Waals surface area contributed by atoms with Gasteiger partial charge in [-0.2, -0.15) is 8.78 Å². The Morgan fingerprint density at radius 3 is 2.25 bits per heavy atom. The van der Waals surface area contributed by atoms with Crippen molar-refractivity contribution < 1.29 is 13.6 Å². The fraction of sp³-hybridized carbons (Fsp3) is 0.381. The van der Waals surface area contributed by atoms with Gasteiger partial charge in [-0.3, -0.25) is 14.6 Å². The van der Waals surface area contributed by atoms with Crippen LogP contribution in [0.5, 0.6) is 0 Å². The predicted molar refractivity (Wildman–Crippen MR) is 109 cm³/mol. The first-order valence-electron chi connectivity index (χ1n) is 9.42. The molecule has 1 N–H and O–H groups in total. The Morgan fingerprint density at radius 2 is 1.61 bits per heavy atom. The summed E-state index contributed by atoms with van der Waals surface area (Å²) in [5, 5.41) is 2.91. The van der Waals surface area contributed by atoms with Crippen LogP contribution in [0.4, 0.5) is 8.78 Å². The van der Waals surface area contributed by atoms with Crippen molar-refractivity contribution in [3.8, 4) is 0 Å². The van der Waals surface area contributed by atoms with Crippen molar-refractivity contribution in [1.82, 2.24) is 15.1 Å². The maximum absolute atomic E-state index is 12.3. The van der Waals surface area contributed by atoms with Crippen LogP contribution in [0, 0.1) is 0 Å². The highest BCUT2D eigenvalue weighted by Gasteiger charge is 2.17. The van der Waals surface area contributed by atoms with E-state index in [4.69, 9.17) is 0 Å².